The number of aromatic nitrogens is 7. The minimum absolute atomic E-state index is 0.00909. The van der Waals surface area contributed by atoms with Crippen LogP contribution in [0.5, 0.6) is 0 Å². The van der Waals surface area contributed by atoms with Crippen molar-refractivity contribution in [3.05, 3.63) is 118 Å². The quantitative estimate of drug-likeness (QED) is 0.267. The number of amides is 2. The van der Waals surface area contributed by atoms with Crippen LogP contribution < -0.4 is 10.9 Å². The van der Waals surface area contributed by atoms with E-state index in [9.17, 15) is 14.4 Å². The van der Waals surface area contributed by atoms with Gasteiger partial charge in [0, 0.05) is 37.2 Å². The summed E-state index contributed by atoms with van der Waals surface area (Å²) in [5.74, 6) is 5.90. The predicted molar refractivity (Wildman–Crippen MR) is 172 cm³/mol. The molecule has 1 atom stereocenters. The molecule has 1 fully saturated rings. The lowest BCUT2D eigenvalue weighted by Gasteiger charge is -2.38. The molecule has 47 heavy (non-hydrogen) atoms. The van der Waals surface area contributed by atoms with Gasteiger partial charge in [0.05, 0.1) is 46.1 Å². The van der Waals surface area contributed by atoms with E-state index in [0.717, 1.165) is 0 Å². The van der Waals surface area contributed by atoms with Crippen LogP contribution in [0.1, 0.15) is 52.0 Å². The number of nitrogens with zero attached hydrogens (tertiary/aromatic N) is 8. The number of para-hydroxylation sites is 1. The number of hydrogen-bond acceptors (Lipinski definition) is 8. The van der Waals surface area contributed by atoms with E-state index in [2.05, 4.69) is 32.3 Å². The number of fused-ring (bicyclic) bond motifs is 2. The summed E-state index contributed by atoms with van der Waals surface area (Å²) >= 11 is 0. The average Bonchev–Trinajstić information content (AvgIpc) is 3.66. The van der Waals surface area contributed by atoms with Gasteiger partial charge in [-0.2, -0.15) is 10.2 Å². The molecule has 234 valence electrons. The van der Waals surface area contributed by atoms with Crippen molar-refractivity contribution in [1.29, 1.82) is 0 Å². The van der Waals surface area contributed by atoms with Crippen LogP contribution >= 0.6 is 0 Å². The Bertz CT molecular complexity index is 2290. The van der Waals surface area contributed by atoms with Crippen LogP contribution in [-0.2, 0) is 4.79 Å². The van der Waals surface area contributed by atoms with Gasteiger partial charge < -0.3 is 15.3 Å². The van der Waals surface area contributed by atoms with Gasteiger partial charge >= 0.3 is 0 Å². The predicted octanol–water partition coefficient (Wildman–Crippen LogP) is 2.20. The van der Waals surface area contributed by atoms with Gasteiger partial charge in [0.15, 0.2) is 5.65 Å². The summed E-state index contributed by atoms with van der Waals surface area (Å²) in [4.78, 5) is 50.3. The van der Waals surface area contributed by atoms with E-state index in [-0.39, 0.29) is 23.4 Å². The van der Waals surface area contributed by atoms with Gasteiger partial charge in [-0.25, -0.2) is 14.5 Å². The smallest absolute Gasteiger partial charge is 0.267 e. The molecule has 0 radical (unpaired) electrons. The number of aliphatic hydroxyl groups is 1. The first-order chi connectivity index (χ1) is 22.8. The Morgan fingerprint density at radius 3 is 2.68 bits per heavy atom. The summed E-state index contributed by atoms with van der Waals surface area (Å²) in [6, 6.07) is 15.5. The number of carbonyl (C=O) groups is 2. The molecule has 1 aliphatic heterocycles. The van der Waals surface area contributed by atoms with Crippen molar-refractivity contribution in [2.45, 2.75) is 25.9 Å². The molecule has 2 amide bonds. The standard InChI is InChI=1S/C34H29N9O4/c1-21-29(32-35-14-7-15-41(32)39-21)33(46)37-22(2)31-38-27-11-6-8-24(30(27)34(47)43(31)25-9-4-3-5-10-25)13-12-23-16-36-42(17-23)26-18-40(19-26)28(45)20-44/h3-11,14-17,22,26,44H,18-20H2,1-2H3,(H,37,46). The summed E-state index contributed by atoms with van der Waals surface area (Å²) in [5.41, 5.74) is 3.17. The molecule has 4 aromatic heterocycles. The molecule has 13 nitrogen and oxygen atoms in total. The highest BCUT2D eigenvalue weighted by Gasteiger charge is 2.32. The van der Waals surface area contributed by atoms with Crippen LogP contribution in [0.15, 0.2) is 84.2 Å². The van der Waals surface area contributed by atoms with E-state index in [1.807, 2.05) is 30.3 Å². The van der Waals surface area contributed by atoms with Crippen molar-refractivity contribution < 1.29 is 14.7 Å². The fourth-order valence-corrected chi connectivity index (χ4v) is 5.73. The first-order valence-electron chi connectivity index (χ1n) is 15.0. The van der Waals surface area contributed by atoms with Gasteiger partial charge in [0.25, 0.3) is 11.5 Å². The minimum atomic E-state index is -0.673. The van der Waals surface area contributed by atoms with Crippen LogP contribution in [0.25, 0.3) is 22.2 Å². The van der Waals surface area contributed by atoms with E-state index in [0.29, 0.717) is 63.5 Å². The zero-order chi connectivity index (χ0) is 32.7. The lowest BCUT2D eigenvalue weighted by atomic mass is 10.1. The van der Waals surface area contributed by atoms with Crippen molar-refractivity contribution in [2.75, 3.05) is 19.7 Å². The summed E-state index contributed by atoms with van der Waals surface area (Å²) in [7, 11) is 0. The monoisotopic (exact) mass is 627 g/mol. The van der Waals surface area contributed by atoms with Crippen LogP contribution in [0, 0.1) is 18.8 Å². The molecule has 0 saturated carbocycles. The Hall–Kier alpha value is -6.13. The topological polar surface area (TPSA) is 153 Å². The zero-order valence-corrected chi connectivity index (χ0v) is 25.5. The molecule has 0 aliphatic carbocycles. The lowest BCUT2D eigenvalue weighted by molar-refractivity contribution is -0.140. The molecule has 13 heteroatoms. The maximum atomic E-state index is 14.3. The summed E-state index contributed by atoms with van der Waals surface area (Å²) in [6.45, 7) is 3.96. The maximum Gasteiger partial charge on any atom is 0.267 e. The fraction of sp³-hybridized carbons (Fsp3) is 0.206. The third kappa shape index (κ3) is 5.40. The van der Waals surface area contributed by atoms with Crippen molar-refractivity contribution in [3.8, 4) is 17.5 Å². The second kappa shape index (κ2) is 12.0. The number of hydrogen-bond donors (Lipinski definition) is 2. The molecule has 6 aromatic rings. The summed E-state index contributed by atoms with van der Waals surface area (Å²) in [6.07, 6.45) is 6.77. The molecule has 1 saturated heterocycles. The van der Waals surface area contributed by atoms with Crippen LogP contribution in [0.2, 0.25) is 0 Å². The van der Waals surface area contributed by atoms with Crippen molar-refractivity contribution in [2.24, 2.45) is 0 Å². The SMILES string of the molecule is Cc1nn2cccnc2c1C(=O)NC(C)c1nc2cccc(C#Cc3cnn(C4CN(C(=O)CO)C4)c3)c2c(=O)n1-c1ccccc1. The highest BCUT2D eigenvalue weighted by Crippen LogP contribution is 2.23. The van der Waals surface area contributed by atoms with Crippen molar-refractivity contribution >= 4 is 28.4 Å². The second-order valence-electron chi connectivity index (χ2n) is 11.3. The molecule has 1 aliphatic rings. The van der Waals surface area contributed by atoms with E-state index in [1.165, 1.54) is 4.57 Å². The summed E-state index contributed by atoms with van der Waals surface area (Å²) < 4.78 is 4.82. The number of nitrogens with one attached hydrogen (secondary N) is 1. The number of aryl methyl sites for hydroxylation is 1. The van der Waals surface area contributed by atoms with Crippen LogP contribution in [0.3, 0.4) is 0 Å². The first-order valence-corrected chi connectivity index (χ1v) is 15.0. The number of aliphatic hydroxyl groups excluding tert-OH is 1. The number of likely N-dealkylation sites (tertiary alicyclic amines) is 1. The molecule has 2 N–H and O–H groups in total. The van der Waals surface area contributed by atoms with E-state index >= 15 is 0 Å². The van der Waals surface area contributed by atoms with Crippen LogP contribution in [-0.4, -0.2) is 75.4 Å². The molecule has 0 bridgehead atoms. The lowest BCUT2D eigenvalue weighted by Crippen LogP contribution is -2.51. The normalized spacial score (nSPS) is 13.6. The molecule has 2 aromatic carbocycles. The number of rotatable bonds is 6. The van der Waals surface area contributed by atoms with Gasteiger partial charge in [0.1, 0.15) is 18.0 Å². The van der Waals surface area contributed by atoms with Crippen molar-refractivity contribution in [3.63, 3.8) is 0 Å². The van der Waals surface area contributed by atoms with Gasteiger partial charge in [-0.15, -0.1) is 0 Å². The zero-order valence-electron chi connectivity index (χ0n) is 25.5. The highest BCUT2D eigenvalue weighted by molar-refractivity contribution is 6.01. The first kappa shape index (κ1) is 29.6. The van der Waals surface area contributed by atoms with Crippen LogP contribution in [0.4, 0.5) is 0 Å². The molecule has 7 rings (SSSR count). The Morgan fingerprint density at radius 1 is 1.09 bits per heavy atom. The Kier molecular flexibility index (Phi) is 7.55. The van der Waals surface area contributed by atoms with E-state index in [4.69, 9.17) is 10.1 Å². The van der Waals surface area contributed by atoms with Gasteiger partial charge in [-0.1, -0.05) is 36.1 Å². The largest absolute Gasteiger partial charge is 0.387 e. The molecule has 0 spiro atoms. The number of carbonyl (C=O) groups excluding carboxylic acids is 2. The Balaban J connectivity index is 1.24. The molecule has 1 unspecified atom stereocenters. The Labute approximate surface area is 268 Å². The summed E-state index contributed by atoms with van der Waals surface area (Å²) in [5, 5.41) is 21.2. The van der Waals surface area contributed by atoms with E-state index < -0.39 is 12.6 Å². The average molecular weight is 628 g/mol. The molecular weight excluding hydrogens is 598 g/mol. The minimum Gasteiger partial charge on any atom is -0.387 e. The van der Waals surface area contributed by atoms with Crippen molar-refractivity contribution in [1.82, 2.24) is 44.1 Å². The van der Waals surface area contributed by atoms with Gasteiger partial charge in [-0.05, 0) is 44.2 Å². The van der Waals surface area contributed by atoms with E-state index in [1.54, 1.807) is 77.0 Å². The third-order valence-electron chi connectivity index (χ3n) is 8.14. The molecule has 5 heterocycles. The molecular formula is C34H29N9O4. The second-order valence-corrected chi connectivity index (χ2v) is 11.3. The Morgan fingerprint density at radius 2 is 1.89 bits per heavy atom. The fourth-order valence-electron chi connectivity index (χ4n) is 5.73. The number of benzene rings is 2. The highest BCUT2D eigenvalue weighted by atomic mass is 16.3. The maximum absolute atomic E-state index is 14.3. The third-order valence-corrected chi connectivity index (χ3v) is 8.14. The van der Waals surface area contributed by atoms with Gasteiger partial charge in [-0.3, -0.25) is 23.6 Å². The van der Waals surface area contributed by atoms with Gasteiger partial charge in [0.2, 0.25) is 5.91 Å².